The molecule has 1 spiro atoms. The lowest BCUT2D eigenvalue weighted by Crippen LogP contribution is -2.52. The molecule has 0 N–H and O–H groups in total. The summed E-state index contributed by atoms with van der Waals surface area (Å²) in [6.45, 7) is 3.01. The Labute approximate surface area is 169 Å². The number of benzene rings is 2. The predicted octanol–water partition coefficient (Wildman–Crippen LogP) is 4.30. The fourth-order valence-electron chi connectivity index (χ4n) is 3.93. The zero-order chi connectivity index (χ0) is 19.9. The zero-order valence-electron chi connectivity index (χ0n) is 16.0. The molecular formula is C22H22ClNO4. The quantitative estimate of drug-likeness (QED) is 0.755. The second kappa shape index (κ2) is 7.13. The molecule has 0 radical (unpaired) electrons. The number of Topliss-reactive ketones (excluding diaryl/α,β-unsaturated/α-hetero) is 1. The van der Waals surface area contributed by atoms with Crippen molar-refractivity contribution in [2.24, 2.45) is 0 Å². The number of likely N-dealkylation sites (tertiary alicyclic amines) is 1. The van der Waals surface area contributed by atoms with Gasteiger partial charge in [-0.1, -0.05) is 11.6 Å². The number of ether oxygens (including phenoxy) is 2. The maximum absolute atomic E-state index is 12.8. The number of hydrogen-bond donors (Lipinski definition) is 0. The molecule has 0 unspecified atom stereocenters. The standard InChI is InChI=1S/C22H22ClNO4/c1-14-11-20-17(12-18(14)23)19(25)13-22(28-20)7-9-24(10-8-22)21(26)15-3-5-16(27-2)6-4-15/h3-6,11-12H,7-10,13H2,1-2H3. The van der Waals surface area contributed by atoms with Crippen LogP contribution in [0.3, 0.4) is 0 Å². The highest BCUT2D eigenvalue weighted by Crippen LogP contribution is 2.41. The zero-order valence-corrected chi connectivity index (χ0v) is 16.7. The van der Waals surface area contributed by atoms with E-state index in [1.54, 1.807) is 37.4 Å². The molecule has 2 heterocycles. The smallest absolute Gasteiger partial charge is 0.253 e. The average Bonchev–Trinajstić information content (AvgIpc) is 2.70. The van der Waals surface area contributed by atoms with Crippen molar-refractivity contribution >= 4 is 23.3 Å². The summed E-state index contributed by atoms with van der Waals surface area (Å²) in [5.74, 6) is 1.37. The van der Waals surface area contributed by atoms with E-state index in [-0.39, 0.29) is 11.7 Å². The molecule has 1 amide bonds. The molecule has 146 valence electrons. The van der Waals surface area contributed by atoms with Gasteiger partial charge >= 0.3 is 0 Å². The van der Waals surface area contributed by atoms with E-state index in [1.165, 1.54) is 0 Å². The first-order valence-corrected chi connectivity index (χ1v) is 9.74. The average molecular weight is 400 g/mol. The minimum atomic E-state index is -0.541. The van der Waals surface area contributed by atoms with E-state index in [9.17, 15) is 9.59 Å². The molecule has 6 heteroatoms. The lowest BCUT2D eigenvalue weighted by Gasteiger charge is -2.44. The number of piperidine rings is 1. The number of nitrogens with zero attached hydrogens (tertiary/aromatic N) is 1. The number of fused-ring (bicyclic) bond motifs is 1. The minimum absolute atomic E-state index is 0.0114. The van der Waals surface area contributed by atoms with E-state index in [2.05, 4.69) is 0 Å². The first kappa shape index (κ1) is 18.8. The Morgan fingerprint density at radius 3 is 2.50 bits per heavy atom. The van der Waals surface area contributed by atoms with Gasteiger partial charge in [0.25, 0.3) is 5.91 Å². The van der Waals surface area contributed by atoms with Crippen LogP contribution in [0, 0.1) is 6.92 Å². The molecule has 5 nitrogen and oxygen atoms in total. The van der Waals surface area contributed by atoms with E-state index < -0.39 is 5.60 Å². The van der Waals surface area contributed by atoms with Gasteiger partial charge in [-0.3, -0.25) is 9.59 Å². The van der Waals surface area contributed by atoms with E-state index in [0.29, 0.717) is 54.3 Å². The van der Waals surface area contributed by atoms with Crippen molar-refractivity contribution < 1.29 is 19.1 Å². The van der Waals surface area contributed by atoms with E-state index in [0.717, 1.165) is 11.3 Å². The number of carbonyl (C=O) groups is 2. The number of hydrogen-bond acceptors (Lipinski definition) is 4. The summed E-state index contributed by atoms with van der Waals surface area (Å²) in [6, 6.07) is 10.6. The molecular weight excluding hydrogens is 378 g/mol. The van der Waals surface area contributed by atoms with Crippen molar-refractivity contribution in [1.82, 2.24) is 4.90 Å². The Morgan fingerprint density at radius 1 is 1.18 bits per heavy atom. The molecule has 2 aliphatic rings. The van der Waals surface area contributed by atoms with Gasteiger partial charge in [0.05, 0.1) is 19.1 Å². The summed E-state index contributed by atoms with van der Waals surface area (Å²) in [7, 11) is 1.60. The highest BCUT2D eigenvalue weighted by atomic mass is 35.5. The SMILES string of the molecule is COc1ccc(C(=O)N2CCC3(CC2)CC(=O)c2cc(Cl)c(C)cc2O3)cc1. The number of aryl methyl sites for hydroxylation is 1. The fraction of sp³-hybridized carbons (Fsp3) is 0.364. The highest BCUT2D eigenvalue weighted by molar-refractivity contribution is 6.31. The normalized spacial score (nSPS) is 17.8. The third-order valence-corrected chi connectivity index (χ3v) is 6.08. The van der Waals surface area contributed by atoms with Gasteiger partial charge in [-0.15, -0.1) is 0 Å². The predicted molar refractivity (Wildman–Crippen MR) is 107 cm³/mol. The number of methoxy groups -OCH3 is 1. The molecule has 1 fully saturated rings. The second-order valence-corrected chi connectivity index (χ2v) is 7.91. The summed E-state index contributed by atoms with van der Waals surface area (Å²) >= 11 is 6.16. The Balaban J connectivity index is 1.48. The van der Waals surface area contributed by atoms with Crippen molar-refractivity contribution in [3.63, 3.8) is 0 Å². The lowest BCUT2D eigenvalue weighted by molar-refractivity contribution is -0.00573. The summed E-state index contributed by atoms with van der Waals surface area (Å²) in [5, 5.41) is 0.576. The number of rotatable bonds is 2. The van der Waals surface area contributed by atoms with Crippen molar-refractivity contribution in [3.05, 3.63) is 58.1 Å². The molecule has 0 saturated carbocycles. The summed E-state index contributed by atoms with van der Waals surface area (Å²) < 4.78 is 11.4. The molecule has 1 saturated heterocycles. The lowest BCUT2D eigenvalue weighted by atomic mass is 9.82. The number of ketones is 1. The third kappa shape index (κ3) is 3.35. The van der Waals surface area contributed by atoms with Crippen LogP contribution in [0.2, 0.25) is 5.02 Å². The van der Waals surface area contributed by atoms with Crippen LogP contribution in [0.4, 0.5) is 0 Å². The van der Waals surface area contributed by atoms with Gasteiger partial charge in [0, 0.05) is 36.5 Å². The molecule has 0 bridgehead atoms. The van der Waals surface area contributed by atoms with Crippen molar-refractivity contribution in [2.75, 3.05) is 20.2 Å². The number of halogens is 1. The summed E-state index contributed by atoms with van der Waals surface area (Å²) in [6.07, 6.45) is 1.58. The van der Waals surface area contributed by atoms with Gasteiger partial charge in [-0.25, -0.2) is 0 Å². The molecule has 0 atom stereocenters. The van der Waals surface area contributed by atoms with Crippen LogP contribution in [0.5, 0.6) is 11.5 Å². The van der Waals surface area contributed by atoms with Gasteiger partial charge < -0.3 is 14.4 Å². The number of carbonyl (C=O) groups excluding carboxylic acids is 2. The molecule has 0 aromatic heterocycles. The highest BCUT2D eigenvalue weighted by Gasteiger charge is 2.43. The Morgan fingerprint density at radius 2 is 1.86 bits per heavy atom. The van der Waals surface area contributed by atoms with Gasteiger partial charge in [-0.05, 0) is 48.9 Å². The van der Waals surface area contributed by atoms with Gasteiger partial charge in [-0.2, -0.15) is 0 Å². The minimum Gasteiger partial charge on any atom is -0.497 e. The Bertz CT molecular complexity index is 930. The van der Waals surface area contributed by atoms with Crippen molar-refractivity contribution in [1.29, 1.82) is 0 Å². The molecule has 28 heavy (non-hydrogen) atoms. The first-order chi connectivity index (χ1) is 13.4. The summed E-state index contributed by atoms with van der Waals surface area (Å²) in [5.41, 5.74) is 1.53. The molecule has 4 rings (SSSR count). The van der Waals surface area contributed by atoms with Gasteiger partial charge in [0.1, 0.15) is 17.1 Å². The Kier molecular flexibility index (Phi) is 4.79. The van der Waals surface area contributed by atoms with Crippen LogP contribution >= 0.6 is 11.6 Å². The summed E-state index contributed by atoms with van der Waals surface area (Å²) in [4.78, 5) is 27.3. The topological polar surface area (TPSA) is 55.8 Å². The third-order valence-electron chi connectivity index (χ3n) is 5.67. The second-order valence-electron chi connectivity index (χ2n) is 7.50. The Hall–Kier alpha value is -2.53. The maximum Gasteiger partial charge on any atom is 0.253 e. The molecule has 2 aromatic rings. The largest absolute Gasteiger partial charge is 0.497 e. The van der Waals surface area contributed by atoms with E-state index in [4.69, 9.17) is 21.1 Å². The van der Waals surface area contributed by atoms with E-state index >= 15 is 0 Å². The number of amides is 1. The van der Waals surface area contributed by atoms with Crippen molar-refractivity contribution in [3.8, 4) is 11.5 Å². The molecule has 2 aromatic carbocycles. The van der Waals surface area contributed by atoms with Crippen LogP contribution < -0.4 is 9.47 Å². The van der Waals surface area contributed by atoms with Crippen LogP contribution in [0.1, 0.15) is 45.5 Å². The van der Waals surface area contributed by atoms with E-state index in [1.807, 2.05) is 17.9 Å². The van der Waals surface area contributed by atoms with Crippen LogP contribution in [-0.4, -0.2) is 42.4 Å². The van der Waals surface area contributed by atoms with Crippen LogP contribution in [0.15, 0.2) is 36.4 Å². The molecule has 2 aliphatic heterocycles. The fourth-order valence-corrected chi connectivity index (χ4v) is 4.09. The first-order valence-electron chi connectivity index (χ1n) is 9.36. The van der Waals surface area contributed by atoms with Crippen LogP contribution in [0.25, 0.3) is 0 Å². The van der Waals surface area contributed by atoms with Crippen molar-refractivity contribution in [2.45, 2.75) is 31.8 Å². The van der Waals surface area contributed by atoms with Gasteiger partial charge in [0.2, 0.25) is 0 Å². The van der Waals surface area contributed by atoms with Gasteiger partial charge in [0.15, 0.2) is 5.78 Å². The maximum atomic E-state index is 12.8. The monoisotopic (exact) mass is 399 g/mol. The molecule has 0 aliphatic carbocycles. The van der Waals surface area contributed by atoms with Crippen LogP contribution in [-0.2, 0) is 0 Å².